The molecular weight excluding hydrogens is 202 g/mol. The normalized spacial score (nSPS) is 10.8. The number of hydrogen-bond acceptors (Lipinski definition) is 3. The molecule has 0 fully saturated rings. The van der Waals surface area contributed by atoms with Gasteiger partial charge in [0, 0.05) is 13.2 Å². The second kappa shape index (κ2) is 3.46. The van der Waals surface area contributed by atoms with Gasteiger partial charge in [-0.3, -0.25) is 4.68 Å². The number of alkyl halides is 1. The molecule has 2 aromatic heterocycles. The van der Waals surface area contributed by atoms with Gasteiger partial charge < -0.3 is 4.42 Å². The standard InChI is InChI=1S/C9H10ClN3O/c1-6-8(5-10)14-9(12-6)7-3-4-11-13(7)2/h3-4H,5H2,1-2H3. The summed E-state index contributed by atoms with van der Waals surface area (Å²) in [7, 11) is 1.84. The summed E-state index contributed by atoms with van der Waals surface area (Å²) < 4.78 is 7.20. The molecule has 0 bridgehead atoms. The molecule has 0 spiro atoms. The fourth-order valence-corrected chi connectivity index (χ4v) is 1.49. The topological polar surface area (TPSA) is 43.9 Å². The summed E-state index contributed by atoms with van der Waals surface area (Å²) >= 11 is 5.69. The van der Waals surface area contributed by atoms with Gasteiger partial charge in [0.05, 0.1) is 11.6 Å². The van der Waals surface area contributed by atoms with E-state index in [1.165, 1.54) is 0 Å². The van der Waals surface area contributed by atoms with E-state index in [0.29, 0.717) is 17.5 Å². The maximum atomic E-state index is 5.69. The van der Waals surface area contributed by atoms with Gasteiger partial charge in [0.1, 0.15) is 11.5 Å². The largest absolute Gasteiger partial charge is 0.438 e. The number of halogens is 1. The van der Waals surface area contributed by atoms with Gasteiger partial charge in [0.25, 0.3) is 0 Å². The van der Waals surface area contributed by atoms with Crippen molar-refractivity contribution in [3.63, 3.8) is 0 Å². The van der Waals surface area contributed by atoms with E-state index in [1.807, 2.05) is 20.0 Å². The van der Waals surface area contributed by atoms with Crippen molar-refractivity contribution in [1.29, 1.82) is 0 Å². The van der Waals surface area contributed by atoms with Crippen molar-refractivity contribution in [1.82, 2.24) is 14.8 Å². The maximum Gasteiger partial charge on any atom is 0.245 e. The molecule has 14 heavy (non-hydrogen) atoms. The van der Waals surface area contributed by atoms with Gasteiger partial charge in [0.15, 0.2) is 0 Å². The zero-order valence-electron chi connectivity index (χ0n) is 7.99. The van der Waals surface area contributed by atoms with Crippen LogP contribution in [-0.4, -0.2) is 14.8 Å². The van der Waals surface area contributed by atoms with Crippen molar-refractivity contribution in [2.45, 2.75) is 12.8 Å². The molecule has 0 amide bonds. The molecule has 2 heterocycles. The Morgan fingerprint density at radius 1 is 1.57 bits per heavy atom. The van der Waals surface area contributed by atoms with E-state index < -0.39 is 0 Å². The van der Waals surface area contributed by atoms with Crippen molar-refractivity contribution >= 4 is 11.6 Å². The summed E-state index contributed by atoms with van der Waals surface area (Å²) in [6, 6.07) is 1.85. The Bertz CT molecular complexity index is 447. The van der Waals surface area contributed by atoms with E-state index >= 15 is 0 Å². The third kappa shape index (κ3) is 1.42. The quantitative estimate of drug-likeness (QED) is 0.715. The first kappa shape index (κ1) is 9.27. The second-order valence-corrected chi connectivity index (χ2v) is 3.27. The predicted octanol–water partition coefficient (Wildman–Crippen LogP) is 2.12. The molecule has 0 aliphatic carbocycles. The fourth-order valence-electron chi connectivity index (χ4n) is 1.25. The van der Waals surface area contributed by atoms with Crippen LogP contribution in [0.4, 0.5) is 0 Å². The smallest absolute Gasteiger partial charge is 0.245 e. The van der Waals surface area contributed by atoms with Gasteiger partial charge >= 0.3 is 0 Å². The molecule has 74 valence electrons. The molecule has 0 N–H and O–H groups in total. The molecule has 0 unspecified atom stereocenters. The lowest BCUT2D eigenvalue weighted by molar-refractivity contribution is 0.529. The first-order chi connectivity index (χ1) is 6.72. The molecule has 4 nitrogen and oxygen atoms in total. The van der Waals surface area contributed by atoms with E-state index in [-0.39, 0.29) is 0 Å². The van der Waals surface area contributed by atoms with Crippen LogP contribution in [-0.2, 0) is 12.9 Å². The molecule has 0 atom stereocenters. The fraction of sp³-hybridized carbons (Fsp3) is 0.333. The number of oxazole rings is 1. The number of aromatic nitrogens is 3. The molecule has 0 aliphatic heterocycles. The average molecular weight is 212 g/mol. The highest BCUT2D eigenvalue weighted by Gasteiger charge is 2.12. The van der Waals surface area contributed by atoms with Crippen LogP contribution in [0.25, 0.3) is 11.6 Å². The van der Waals surface area contributed by atoms with Crippen molar-refractivity contribution in [3.05, 3.63) is 23.7 Å². The minimum atomic E-state index is 0.344. The molecule has 0 saturated heterocycles. The Labute approximate surface area is 86.5 Å². The Morgan fingerprint density at radius 2 is 2.36 bits per heavy atom. The Morgan fingerprint density at radius 3 is 2.86 bits per heavy atom. The SMILES string of the molecule is Cc1nc(-c2ccnn2C)oc1CCl. The van der Waals surface area contributed by atoms with Crippen LogP contribution in [0.3, 0.4) is 0 Å². The van der Waals surface area contributed by atoms with Gasteiger partial charge in [-0.15, -0.1) is 11.6 Å². The molecule has 0 aliphatic rings. The highest BCUT2D eigenvalue weighted by Crippen LogP contribution is 2.21. The van der Waals surface area contributed by atoms with Gasteiger partial charge in [-0.2, -0.15) is 5.10 Å². The summed E-state index contributed by atoms with van der Waals surface area (Å²) in [6.45, 7) is 1.88. The zero-order chi connectivity index (χ0) is 10.1. The van der Waals surface area contributed by atoms with Crippen molar-refractivity contribution in [2.75, 3.05) is 0 Å². The predicted molar refractivity (Wildman–Crippen MR) is 53.0 cm³/mol. The van der Waals surface area contributed by atoms with Crippen LogP contribution >= 0.6 is 11.6 Å². The van der Waals surface area contributed by atoms with Crippen LogP contribution < -0.4 is 0 Å². The monoisotopic (exact) mass is 211 g/mol. The molecule has 2 rings (SSSR count). The van der Waals surface area contributed by atoms with E-state index in [4.69, 9.17) is 16.0 Å². The van der Waals surface area contributed by atoms with Gasteiger partial charge in [-0.25, -0.2) is 4.98 Å². The summed E-state index contributed by atoms with van der Waals surface area (Å²) in [5.74, 6) is 1.62. The summed E-state index contributed by atoms with van der Waals surface area (Å²) in [5.41, 5.74) is 1.68. The number of aryl methyl sites for hydroxylation is 2. The third-order valence-electron chi connectivity index (χ3n) is 2.05. The third-order valence-corrected chi connectivity index (χ3v) is 2.30. The lowest BCUT2D eigenvalue weighted by atomic mass is 10.4. The Kier molecular flexibility index (Phi) is 2.29. The van der Waals surface area contributed by atoms with Crippen molar-refractivity contribution in [3.8, 4) is 11.6 Å². The molecule has 0 aromatic carbocycles. The van der Waals surface area contributed by atoms with Crippen molar-refractivity contribution < 1.29 is 4.42 Å². The molecular formula is C9H10ClN3O. The first-order valence-electron chi connectivity index (χ1n) is 4.23. The van der Waals surface area contributed by atoms with E-state index in [0.717, 1.165) is 11.4 Å². The molecule has 5 heteroatoms. The minimum absolute atomic E-state index is 0.344. The van der Waals surface area contributed by atoms with Crippen LogP contribution in [0.5, 0.6) is 0 Å². The second-order valence-electron chi connectivity index (χ2n) is 3.00. The summed E-state index contributed by atoms with van der Waals surface area (Å²) in [4.78, 5) is 4.27. The van der Waals surface area contributed by atoms with Crippen molar-refractivity contribution in [2.24, 2.45) is 7.05 Å². The maximum absolute atomic E-state index is 5.69. The number of rotatable bonds is 2. The van der Waals surface area contributed by atoms with Crippen LogP contribution in [0.1, 0.15) is 11.5 Å². The molecule has 2 aromatic rings. The van der Waals surface area contributed by atoms with Crippen LogP contribution in [0.15, 0.2) is 16.7 Å². The van der Waals surface area contributed by atoms with Gasteiger partial charge in [-0.1, -0.05) is 0 Å². The Hall–Kier alpha value is -1.29. The minimum Gasteiger partial charge on any atom is -0.438 e. The first-order valence-corrected chi connectivity index (χ1v) is 4.76. The van der Waals surface area contributed by atoms with E-state index in [2.05, 4.69) is 10.1 Å². The zero-order valence-corrected chi connectivity index (χ0v) is 8.75. The lowest BCUT2D eigenvalue weighted by Gasteiger charge is -1.94. The van der Waals surface area contributed by atoms with E-state index in [9.17, 15) is 0 Å². The number of hydrogen-bond donors (Lipinski definition) is 0. The highest BCUT2D eigenvalue weighted by molar-refractivity contribution is 6.16. The Balaban J connectivity index is 2.47. The lowest BCUT2D eigenvalue weighted by Crippen LogP contribution is -1.92. The van der Waals surface area contributed by atoms with Crippen LogP contribution in [0.2, 0.25) is 0 Å². The molecule has 0 saturated carbocycles. The van der Waals surface area contributed by atoms with Gasteiger partial charge in [-0.05, 0) is 13.0 Å². The number of nitrogens with zero attached hydrogens (tertiary/aromatic N) is 3. The highest BCUT2D eigenvalue weighted by atomic mass is 35.5. The average Bonchev–Trinajstić information content (AvgIpc) is 2.71. The summed E-state index contributed by atoms with van der Waals surface area (Å²) in [5, 5.41) is 4.04. The van der Waals surface area contributed by atoms with Crippen LogP contribution in [0, 0.1) is 6.92 Å². The summed E-state index contributed by atoms with van der Waals surface area (Å²) in [6.07, 6.45) is 1.70. The molecule has 0 radical (unpaired) electrons. The van der Waals surface area contributed by atoms with Gasteiger partial charge in [0.2, 0.25) is 5.89 Å². The van der Waals surface area contributed by atoms with E-state index in [1.54, 1.807) is 10.9 Å².